The fourth-order valence-corrected chi connectivity index (χ4v) is 4.65. The summed E-state index contributed by atoms with van der Waals surface area (Å²) < 4.78 is 27.4. The monoisotopic (exact) mass is 311 g/mol. The zero-order chi connectivity index (χ0) is 15.5. The molecular weight excluding hydrogens is 286 g/mol. The van der Waals surface area contributed by atoms with Gasteiger partial charge in [0.1, 0.15) is 0 Å². The number of nitrogens with zero attached hydrogens (tertiary/aromatic N) is 1. The lowest BCUT2D eigenvalue weighted by molar-refractivity contribution is 0.147. The molecule has 0 aromatic heterocycles. The highest BCUT2D eigenvalue weighted by atomic mass is 32.2. The highest BCUT2D eigenvalue weighted by Crippen LogP contribution is 2.27. The summed E-state index contributed by atoms with van der Waals surface area (Å²) in [6, 6.07) is 6.91. The van der Waals surface area contributed by atoms with E-state index in [9.17, 15) is 13.5 Å². The second-order valence-electron chi connectivity index (χ2n) is 6.02. The van der Waals surface area contributed by atoms with E-state index in [1.807, 2.05) is 19.1 Å². The van der Waals surface area contributed by atoms with Crippen LogP contribution in [0.4, 0.5) is 0 Å². The Balaban J connectivity index is 2.31. The van der Waals surface area contributed by atoms with Crippen LogP contribution in [0.15, 0.2) is 29.2 Å². The lowest BCUT2D eigenvalue weighted by Gasteiger charge is -2.30. The van der Waals surface area contributed by atoms with Gasteiger partial charge in [0.25, 0.3) is 0 Å². The van der Waals surface area contributed by atoms with Gasteiger partial charge in [0.05, 0.1) is 11.0 Å². The van der Waals surface area contributed by atoms with E-state index in [0.29, 0.717) is 17.9 Å². The van der Waals surface area contributed by atoms with E-state index in [2.05, 4.69) is 0 Å². The number of sulfonamides is 1. The van der Waals surface area contributed by atoms with Gasteiger partial charge >= 0.3 is 0 Å². The van der Waals surface area contributed by atoms with Crippen LogP contribution in [0.5, 0.6) is 0 Å². The number of rotatable bonds is 4. The summed E-state index contributed by atoms with van der Waals surface area (Å²) in [5, 5.41) is 9.67. The molecule has 0 spiro atoms. The van der Waals surface area contributed by atoms with Crippen LogP contribution in [0.2, 0.25) is 0 Å². The summed E-state index contributed by atoms with van der Waals surface area (Å²) in [6.07, 6.45) is 3.82. The maximum Gasteiger partial charge on any atom is 0.243 e. The normalized spacial score (nSPS) is 22.7. The molecule has 1 aromatic carbocycles. The van der Waals surface area contributed by atoms with Crippen LogP contribution in [-0.2, 0) is 10.0 Å². The zero-order valence-electron chi connectivity index (χ0n) is 12.8. The molecule has 0 aliphatic carbocycles. The fraction of sp³-hybridized carbons (Fsp3) is 0.625. The van der Waals surface area contributed by atoms with Crippen LogP contribution in [0.25, 0.3) is 0 Å². The number of aryl methyl sites for hydroxylation is 1. The topological polar surface area (TPSA) is 57.6 Å². The Hall–Kier alpha value is -0.910. The first kappa shape index (κ1) is 16.5. The van der Waals surface area contributed by atoms with Crippen molar-refractivity contribution in [2.75, 3.05) is 6.54 Å². The van der Waals surface area contributed by atoms with Crippen LogP contribution in [0, 0.1) is 6.92 Å². The van der Waals surface area contributed by atoms with E-state index in [-0.39, 0.29) is 6.04 Å². The molecule has 0 amide bonds. The Kier molecular flexibility index (Phi) is 5.41. The van der Waals surface area contributed by atoms with Gasteiger partial charge in [-0.2, -0.15) is 4.31 Å². The lowest BCUT2D eigenvalue weighted by Crippen LogP contribution is -2.41. The SMILES string of the molecule is Cc1ccc(S(=O)(=O)N2CCCCCC2CC(C)O)cc1. The summed E-state index contributed by atoms with van der Waals surface area (Å²) >= 11 is 0. The Morgan fingerprint density at radius 2 is 1.90 bits per heavy atom. The maximum atomic E-state index is 12.9. The molecule has 1 fully saturated rings. The van der Waals surface area contributed by atoms with Crippen LogP contribution < -0.4 is 0 Å². The third-order valence-corrected chi connectivity index (χ3v) is 6.03. The van der Waals surface area contributed by atoms with Crippen molar-refractivity contribution in [1.29, 1.82) is 0 Å². The average Bonchev–Trinajstić information content (AvgIpc) is 2.64. The number of aliphatic hydroxyl groups excluding tert-OH is 1. The third kappa shape index (κ3) is 4.05. The molecular formula is C16H25NO3S. The van der Waals surface area contributed by atoms with Crippen molar-refractivity contribution in [3.05, 3.63) is 29.8 Å². The number of benzene rings is 1. The summed E-state index contributed by atoms with van der Waals surface area (Å²) in [6.45, 7) is 4.22. The molecule has 1 saturated heterocycles. The van der Waals surface area contributed by atoms with Crippen molar-refractivity contribution in [1.82, 2.24) is 4.31 Å². The number of aliphatic hydroxyl groups is 1. The predicted molar refractivity (Wildman–Crippen MR) is 83.6 cm³/mol. The summed E-state index contributed by atoms with van der Waals surface area (Å²) in [5.41, 5.74) is 1.05. The molecule has 1 heterocycles. The first-order valence-electron chi connectivity index (χ1n) is 7.68. The molecule has 1 aliphatic rings. The van der Waals surface area contributed by atoms with E-state index in [4.69, 9.17) is 0 Å². The second kappa shape index (κ2) is 6.90. The van der Waals surface area contributed by atoms with Gasteiger partial charge < -0.3 is 5.11 Å². The molecule has 2 rings (SSSR count). The molecule has 0 radical (unpaired) electrons. The van der Waals surface area contributed by atoms with Crippen molar-refractivity contribution >= 4 is 10.0 Å². The minimum absolute atomic E-state index is 0.0983. The van der Waals surface area contributed by atoms with Gasteiger partial charge in [-0.1, -0.05) is 30.5 Å². The van der Waals surface area contributed by atoms with E-state index < -0.39 is 16.1 Å². The van der Waals surface area contributed by atoms with Crippen LogP contribution >= 0.6 is 0 Å². The van der Waals surface area contributed by atoms with Crippen molar-refractivity contribution in [3.63, 3.8) is 0 Å². The van der Waals surface area contributed by atoms with Crippen molar-refractivity contribution in [3.8, 4) is 0 Å². The lowest BCUT2D eigenvalue weighted by atomic mass is 10.1. The summed E-state index contributed by atoms with van der Waals surface area (Å²) in [7, 11) is -3.47. The van der Waals surface area contributed by atoms with Crippen molar-refractivity contribution in [2.24, 2.45) is 0 Å². The van der Waals surface area contributed by atoms with Gasteiger partial charge in [-0.3, -0.25) is 0 Å². The first-order chi connectivity index (χ1) is 9.91. The standard InChI is InChI=1S/C16H25NO3S/c1-13-7-9-16(10-8-13)21(19,20)17-11-5-3-4-6-15(17)12-14(2)18/h7-10,14-15,18H,3-6,11-12H2,1-2H3. The Labute approximate surface area is 127 Å². The maximum absolute atomic E-state index is 12.9. The second-order valence-corrected chi connectivity index (χ2v) is 7.91. The average molecular weight is 311 g/mol. The third-order valence-electron chi connectivity index (χ3n) is 4.06. The summed E-state index contributed by atoms with van der Waals surface area (Å²) in [5.74, 6) is 0. The van der Waals surface area contributed by atoms with Gasteiger partial charge in [-0.25, -0.2) is 8.42 Å². The molecule has 0 saturated carbocycles. The number of hydrogen-bond acceptors (Lipinski definition) is 3. The minimum Gasteiger partial charge on any atom is -0.393 e. The van der Waals surface area contributed by atoms with Gasteiger partial charge in [0.2, 0.25) is 10.0 Å². The molecule has 1 aliphatic heterocycles. The Morgan fingerprint density at radius 3 is 2.52 bits per heavy atom. The van der Waals surface area contributed by atoms with Gasteiger partial charge in [0, 0.05) is 12.6 Å². The van der Waals surface area contributed by atoms with Gasteiger partial charge in [-0.15, -0.1) is 0 Å². The van der Waals surface area contributed by atoms with Crippen LogP contribution in [0.1, 0.15) is 44.6 Å². The molecule has 4 nitrogen and oxygen atoms in total. The Morgan fingerprint density at radius 1 is 1.24 bits per heavy atom. The van der Waals surface area contributed by atoms with Crippen molar-refractivity contribution in [2.45, 2.75) is 63.0 Å². The van der Waals surface area contributed by atoms with E-state index >= 15 is 0 Å². The van der Waals surface area contributed by atoms with E-state index in [1.165, 1.54) is 0 Å². The molecule has 5 heteroatoms. The minimum atomic E-state index is -3.47. The quantitative estimate of drug-likeness (QED) is 0.930. The largest absolute Gasteiger partial charge is 0.393 e. The van der Waals surface area contributed by atoms with Gasteiger partial charge in [0.15, 0.2) is 0 Å². The summed E-state index contributed by atoms with van der Waals surface area (Å²) in [4.78, 5) is 0.352. The highest BCUT2D eigenvalue weighted by Gasteiger charge is 2.32. The fourth-order valence-electron chi connectivity index (χ4n) is 2.94. The van der Waals surface area contributed by atoms with Crippen LogP contribution in [0.3, 0.4) is 0 Å². The first-order valence-corrected chi connectivity index (χ1v) is 9.12. The zero-order valence-corrected chi connectivity index (χ0v) is 13.6. The van der Waals surface area contributed by atoms with E-state index in [1.54, 1.807) is 23.4 Å². The smallest absolute Gasteiger partial charge is 0.243 e. The van der Waals surface area contributed by atoms with Gasteiger partial charge in [-0.05, 0) is 45.2 Å². The predicted octanol–water partition coefficient (Wildman–Crippen LogP) is 2.70. The van der Waals surface area contributed by atoms with Crippen molar-refractivity contribution < 1.29 is 13.5 Å². The molecule has 2 unspecified atom stereocenters. The Bertz CT molecular complexity index is 551. The molecule has 118 valence electrons. The molecule has 1 N–H and O–H groups in total. The number of hydrogen-bond donors (Lipinski definition) is 1. The molecule has 0 bridgehead atoms. The van der Waals surface area contributed by atoms with Crippen LogP contribution in [-0.4, -0.2) is 36.5 Å². The molecule has 1 aromatic rings. The highest BCUT2D eigenvalue weighted by molar-refractivity contribution is 7.89. The molecule has 21 heavy (non-hydrogen) atoms. The van der Waals surface area contributed by atoms with E-state index in [0.717, 1.165) is 31.2 Å². The molecule has 2 atom stereocenters.